The van der Waals surface area contributed by atoms with Crippen LogP contribution in [0.5, 0.6) is 0 Å². The number of anilines is 2. The van der Waals surface area contributed by atoms with Crippen molar-refractivity contribution in [2.75, 3.05) is 16.3 Å². The van der Waals surface area contributed by atoms with Gasteiger partial charge in [0.2, 0.25) is 0 Å². The molecule has 0 spiro atoms. The summed E-state index contributed by atoms with van der Waals surface area (Å²) in [5.41, 5.74) is 2.66. The first-order valence-electron chi connectivity index (χ1n) is 8.00. The van der Waals surface area contributed by atoms with Gasteiger partial charge in [-0.15, -0.1) is 0 Å². The summed E-state index contributed by atoms with van der Waals surface area (Å²) in [7, 11) is 0. The van der Waals surface area contributed by atoms with Gasteiger partial charge in [0.25, 0.3) is 11.8 Å². The molecule has 1 fully saturated rings. The van der Waals surface area contributed by atoms with Gasteiger partial charge >= 0.3 is 0 Å². The molecule has 130 valence electrons. The number of nitrogens with zero attached hydrogens (tertiary/aromatic N) is 2. The van der Waals surface area contributed by atoms with Crippen LogP contribution in [-0.2, 0) is 9.59 Å². The van der Waals surface area contributed by atoms with Crippen molar-refractivity contribution in [1.29, 1.82) is 0 Å². The molecule has 0 radical (unpaired) electrons. The lowest BCUT2D eigenvalue weighted by Gasteiger charge is -2.14. The van der Waals surface area contributed by atoms with Crippen molar-refractivity contribution in [3.63, 3.8) is 0 Å². The second kappa shape index (κ2) is 6.54. The van der Waals surface area contributed by atoms with Crippen LogP contribution in [0.1, 0.15) is 12.5 Å². The second-order valence-electron chi connectivity index (χ2n) is 5.76. The van der Waals surface area contributed by atoms with Gasteiger partial charge in [-0.3, -0.25) is 14.5 Å². The first-order valence-corrected chi connectivity index (χ1v) is 9.60. The molecule has 2 amide bonds. The third kappa shape index (κ3) is 2.57. The number of rotatable bonds is 2. The molecule has 2 aliphatic heterocycles. The second-order valence-corrected chi connectivity index (χ2v) is 7.84. The lowest BCUT2D eigenvalue weighted by Crippen LogP contribution is -2.29. The first-order chi connectivity index (χ1) is 12.5. The number of benzene rings is 2. The Hall–Kier alpha value is -2.15. The first kappa shape index (κ1) is 17.3. The molecule has 1 saturated heterocycles. The highest BCUT2D eigenvalue weighted by atomic mass is 35.5. The number of fused-ring (bicyclic) bond motifs is 1. The van der Waals surface area contributed by atoms with Gasteiger partial charge in [-0.25, -0.2) is 0 Å². The summed E-state index contributed by atoms with van der Waals surface area (Å²) in [5.74, 6) is -0.441. The predicted octanol–water partition coefficient (Wildman–Crippen LogP) is 4.48. The van der Waals surface area contributed by atoms with E-state index in [9.17, 15) is 9.59 Å². The van der Waals surface area contributed by atoms with Gasteiger partial charge in [-0.05, 0) is 37.3 Å². The van der Waals surface area contributed by atoms with Crippen LogP contribution in [0.15, 0.2) is 53.4 Å². The molecule has 2 aliphatic rings. The molecule has 2 aromatic carbocycles. The minimum Gasteiger partial charge on any atom is -0.308 e. The molecule has 0 bridgehead atoms. The molecule has 4 rings (SSSR count). The maximum atomic E-state index is 13.1. The van der Waals surface area contributed by atoms with Crippen LogP contribution in [0.25, 0.3) is 5.57 Å². The summed E-state index contributed by atoms with van der Waals surface area (Å²) in [6.45, 7) is 2.45. The molecule has 0 aliphatic carbocycles. The normalized spacial score (nSPS) is 19.5. The van der Waals surface area contributed by atoms with Crippen LogP contribution in [-0.4, -0.2) is 22.7 Å². The fourth-order valence-electron chi connectivity index (χ4n) is 3.15. The summed E-state index contributed by atoms with van der Waals surface area (Å²) >= 11 is 12.5. The van der Waals surface area contributed by atoms with Gasteiger partial charge in [0.15, 0.2) is 4.32 Å². The van der Waals surface area contributed by atoms with E-state index in [0.717, 1.165) is 23.0 Å². The number of hydrogen-bond acceptors (Lipinski definition) is 4. The lowest BCUT2D eigenvalue weighted by molar-refractivity contribution is -0.115. The topological polar surface area (TPSA) is 40.6 Å². The van der Waals surface area contributed by atoms with Gasteiger partial charge in [-0.1, -0.05) is 53.8 Å². The van der Waals surface area contributed by atoms with Crippen LogP contribution >= 0.6 is 35.6 Å². The molecule has 0 saturated carbocycles. The number of likely N-dealkylation sites (N-methyl/N-ethyl adjacent to an activating group) is 1. The van der Waals surface area contributed by atoms with E-state index in [1.807, 2.05) is 31.2 Å². The lowest BCUT2D eigenvalue weighted by atomic mass is 10.1. The highest BCUT2D eigenvalue weighted by molar-refractivity contribution is 8.27. The number of hydrogen-bond donors (Lipinski definition) is 0. The van der Waals surface area contributed by atoms with Crippen molar-refractivity contribution < 1.29 is 9.59 Å². The number of carbonyl (C=O) groups excluding carboxylic acids is 2. The highest BCUT2D eigenvalue weighted by Gasteiger charge is 2.42. The van der Waals surface area contributed by atoms with E-state index in [-0.39, 0.29) is 11.8 Å². The van der Waals surface area contributed by atoms with Crippen molar-refractivity contribution in [3.8, 4) is 0 Å². The Morgan fingerprint density at radius 2 is 1.73 bits per heavy atom. The summed E-state index contributed by atoms with van der Waals surface area (Å²) in [5, 5.41) is 0.580. The van der Waals surface area contributed by atoms with Gasteiger partial charge < -0.3 is 4.90 Å². The van der Waals surface area contributed by atoms with Crippen LogP contribution < -0.4 is 9.80 Å². The van der Waals surface area contributed by atoms with Gasteiger partial charge in [0.05, 0.1) is 21.9 Å². The fraction of sp³-hybridized carbons (Fsp3) is 0.105. The maximum absolute atomic E-state index is 13.1. The minimum absolute atomic E-state index is 0.162. The zero-order valence-corrected chi connectivity index (χ0v) is 16.1. The number of para-hydroxylation sites is 1. The maximum Gasteiger partial charge on any atom is 0.271 e. The average molecular weight is 401 g/mol. The summed E-state index contributed by atoms with van der Waals surface area (Å²) < 4.78 is 0.403. The number of thiocarbonyl (C=S) groups is 1. The van der Waals surface area contributed by atoms with Crippen LogP contribution in [0, 0.1) is 0 Å². The van der Waals surface area contributed by atoms with Crippen molar-refractivity contribution in [2.24, 2.45) is 0 Å². The molecule has 0 atom stereocenters. The van der Waals surface area contributed by atoms with Crippen molar-refractivity contribution >= 4 is 68.7 Å². The summed E-state index contributed by atoms with van der Waals surface area (Å²) in [6, 6.07) is 14.4. The Morgan fingerprint density at radius 1 is 1.04 bits per heavy atom. The zero-order valence-electron chi connectivity index (χ0n) is 13.7. The largest absolute Gasteiger partial charge is 0.308 e. The summed E-state index contributed by atoms with van der Waals surface area (Å²) in [4.78, 5) is 29.5. The molecular weight excluding hydrogens is 388 g/mol. The molecule has 7 heteroatoms. The smallest absolute Gasteiger partial charge is 0.271 e. The van der Waals surface area contributed by atoms with Crippen molar-refractivity contribution in [3.05, 3.63) is 64.0 Å². The van der Waals surface area contributed by atoms with E-state index in [0.29, 0.717) is 32.1 Å². The standard InChI is InChI=1S/C19H13ClN2O2S2/c1-2-21-14-6-4-3-5-13(14)15(17(21)23)16-18(24)22(19(25)26-16)12-9-7-11(20)8-10-12/h3-10H,2H2,1H3. The molecule has 0 unspecified atom stereocenters. The van der Waals surface area contributed by atoms with Gasteiger partial charge in [-0.2, -0.15) is 0 Å². The van der Waals surface area contributed by atoms with E-state index >= 15 is 0 Å². The number of carbonyl (C=O) groups is 2. The Bertz CT molecular complexity index is 985. The average Bonchev–Trinajstić information content (AvgIpc) is 3.08. The number of halogens is 1. The minimum atomic E-state index is -0.279. The Kier molecular flexibility index (Phi) is 4.34. The van der Waals surface area contributed by atoms with Crippen molar-refractivity contribution in [1.82, 2.24) is 0 Å². The van der Waals surface area contributed by atoms with Gasteiger partial charge in [0, 0.05) is 17.1 Å². The Morgan fingerprint density at radius 3 is 2.42 bits per heavy atom. The molecule has 2 aromatic rings. The van der Waals surface area contributed by atoms with E-state index in [1.54, 1.807) is 29.2 Å². The van der Waals surface area contributed by atoms with E-state index < -0.39 is 0 Å². The SMILES string of the molecule is CCN1C(=O)C(=C2SC(=S)N(c3ccc(Cl)cc3)C2=O)c2ccccc21. The zero-order chi connectivity index (χ0) is 18.4. The van der Waals surface area contributed by atoms with E-state index in [2.05, 4.69) is 0 Å². The Labute approximate surface area is 165 Å². The third-order valence-electron chi connectivity index (χ3n) is 4.32. The Balaban J connectivity index is 1.83. The van der Waals surface area contributed by atoms with Crippen LogP contribution in [0.4, 0.5) is 11.4 Å². The van der Waals surface area contributed by atoms with Crippen LogP contribution in [0.2, 0.25) is 5.02 Å². The van der Waals surface area contributed by atoms with Gasteiger partial charge in [0.1, 0.15) is 0 Å². The molecule has 2 heterocycles. The molecule has 0 N–H and O–H groups in total. The monoisotopic (exact) mass is 400 g/mol. The summed E-state index contributed by atoms with van der Waals surface area (Å²) in [6.07, 6.45) is 0. The van der Waals surface area contributed by atoms with E-state index in [4.69, 9.17) is 23.8 Å². The fourth-order valence-corrected chi connectivity index (χ4v) is 4.64. The van der Waals surface area contributed by atoms with Crippen LogP contribution in [0.3, 0.4) is 0 Å². The molecule has 0 aromatic heterocycles. The van der Waals surface area contributed by atoms with Crippen molar-refractivity contribution in [2.45, 2.75) is 6.92 Å². The molecule has 26 heavy (non-hydrogen) atoms. The quantitative estimate of drug-likeness (QED) is 0.550. The number of thioether (sulfide) groups is 1. The molecule has 4 nitrogen and oxygen atoms in total. The highest BCUT2D eigenvalue weighted by Crippen LogP contribution is 2.45. The van der Waals surface area contributed by atoms with E-state index in [1.165, 1.54) is 4.90 Å². The predicted molar refractivity (Wildman–Crippen MR) is 111 cm³/mol. The molecular formula is C19H13ClN2O2S2. The third-order valence-corrected chi connectivity index (χ3v) is 5.95. The number of amides is 2.